The lowest BCUT2D eigenvalue weighted by molar-refractivity contribution is 0.0945. The van der Waals surface area contributed by atoms with Gasteiger partial charge in [-0.25, -0.2) is 9.97 Å². The zero-order valence-corrected chi connectivity index (χ0v) is 15.5. The Kier molecular flexibility index (Phi) is 5.71. The molecule has 26 heavy (non-hydrogen) atoms. The molecule has 0 bridgehead atoms. The summed E-state index contributed by atoms with van der Waals surface area (Å²) in [5, 5.41) is 6.90. The summed E-state index contributed by atoms with van der Waals surface area (Å²) in [7, 11) is 0. The van der Waals surface area contributed by atoms with Crippen LogP contribution in [-0.2, 0) is 6.54 Å². The average Bonchev–Trinajstić information content (AvgIpc) is 2.64. The lowest BCUT2D eigenvalue weighted by Crippen LogP contribution is -2.24. The number of hydrogen-bond acceptors (Lipinski definition) is 4. The maximum atomic E-state index is 12.2. The molecule has 1 heterocycles. The first-order valence-corrected chi connectivity index (χ1v) is 8.65. The standard InChI is InChI=1S/C19H16Cl2N4O/c1-12-2-4-13(5-3-12)9-24-19(26)17-10-23-18(11-22-17)25-16-8-14(20)6-7-15(16)21/h2-8,10-11H,9H2,1H3,(H,23,25)(H,24,26). The highest BCUT2D eigenvalue weighted by atomic mass is 35.5. The molecule has 0 aliphatic carbocycles. The quantitative estimate of drug-likeness (QED) is 0.662. The molecule has 0 atom stereocenters. The van der Waals surface area contributed by atoms with Crippen molar-refractivity contribution in [2.75, 3.05) is 5.32 Å². The van der Waals surface area contributed by atoms with E-state index in [4.69, 9.17) is 23.2 Å². The summed E-state index contributed by atoms with van der Waals surface area (Å²) < 4.78 is 0. The summed E-state index contributed by atoms with van der Waals surface area (Å²) in [5.41, 5.74) is 3.05. The molecule has 2 aromatic carbocycles. The number of aryl methyl sites for hydroxylation is 1. The van der Waals surface area contributed by atoms with Gasteiger partial charge in [0.05, 0.1) is 23.1 Å². The van der Waals surface area contributed by atoms with Crippen molar-refractivity contribution >= 4 is 40.6 Å². The van der Waals surface area contributed by atoms with Gasteiger partial charge in [-0.05, 0) is 30.7 Å². The summed E-state index contributed by atoms with van der Waals surface area (Å²) in [5.74, 6) is 0.176. The highest BCUT2D eigenvalue weighted by molar-refractivity contribution is 6.35. The highest BCUT2D eigenvalue weighted by Gasteiger charge is 2.09. The van der Waals surface area contributed by atoms with Crippen molar-refractivity contribution in [3.63, 3.8) is 0 Å². The van der Waals surface area contributed by atoms with E-state index in [0.717, 1.165) is 5.56 Å². The van der Waals surface area contributed by atoms with E-state index in [9.17, 15) is 4.79 Å². The van der Waals surface area contributed by atoms with Gasteiger partial charge in [-0.1, -0.05) is 53.0 Å². The molecular weight excluding hydrogens is 371 g/mol. The van der Waals surface area contributed by atoms with Crippen LogP contribution in [0.5, 0.6) is 0 Å². The van der Waals surface area contributed by atoms with Gasteiger partial charge in [0, 0.05) is 11.6 Å². The van der Waals surface area contributed by atoms with E-state index in [1.165, 1.54) is 18.0 Å². The van der Waals surface area contributed by atoms with Crippen molar-refractivity contribution in [1.82, 2.24) is 15.3 Å². The number of rotatable bonds is 5. The van der Waals surface area contributed by atoms with Crippen molar-refractivity contribution in [2.45, 2.75) is 13.5 Å². The summed E-state index contributed by atoms with van der Waals surface area (Å²) in [6.07, 6.45) is 2.88. The van der Waals surface area contributed by atoms with Gasteiger partial charge in [-0.15, -0.1) is 0 Å². The molecule has 0 unspecified atom stereocenters. The van der Waals surface area contributed by atoms with Crippen LogP contribution in [0.2, 0.25) is 10.0 Å². The van der Waals surface area contributed by atoms with E-state index in [0.29, 0.717) is 28.1 Å². The highest BCUT2D eigenvalue weighted by Crippen LogP contribution is 2.27. The number of amides is 1. The molecule has 0 fully saturated rings. The zero-order chi connectivity index (χ0) is 18.5. The molecule has 0 spiro atoms. The van der Waals surface area contributed by atoms with Crippen LogP contribution in [0.4, 0.5) is 11.5 Å². The van der Waals surface area contributed by atoms with Crippen LogP contribution in [0.1, 0.15) is 21.6 Å². The molecular formula is C19H16Cl2N4O. The monoisotopic (exact) mass is 386 g/mol. The van der Waals surface area contributed by atoms with Gasteiger partial charge < -0.3 is 10.6 Å². The fourth-order valence-corrected chi connectivity index (χ4v) is 2.56. The van der Waals surface area contributed by atoms with Gasteiger partial charge in [0.1, 0.15) is 11.5 Å². The van der Waals surface area contributed by atoms with E-state index in [-0.39, 0.29) is 11.6 Å². The Bertz CT molecular complexity index is 912. The fraction of sp³-hybridized carbons (Fsp3) is 0.105. The van der Waals surface area contributed by atoms with Crippen LogP contribution in [0.3, 0.4) is 0 Å². The first-order chi connectivity index (χ1) is 12.5. The summed E-state index contributed by atoms with van der Waals surface area (Å²) in [6.45, 7) is 2.45. The lowest BCUT2D eigenvalue weighted by atomic mass is 10.1. The van der Waals surface area contributed by atoms with Gasteiger partial charge in [0.25, 0.3) is 5.91 Å². The Labute approximate surface area is 161 Å². The minimum atomic E-state index is -0.287. The molecule has 0 saturated heterocycles. The molecule has 1 amide bonds. The first kappa shape index (κ1) is 18.2. The van der Waals surface area contributed by atoms with Crippen molar-refractivity contribution in [1.29, 1.82) is 0 Å². The second kappa shape index (κ2) is 8.17. The van der Waals surface area contributed by atoms with Crippen molar-refractivity contribution in [2.24, 2.45) is 0 Å². The number of carbonyl (C=O) groups excluding carboxylic acids is 1. The summed E-state index contributed by atoms with van der Waals surface area (Å²) in [6, 6.07) is 13.0. The van der Waals surface area contributed by atoms with Crippen LogP contribution in [-0.4, -0.2) is 15.9 Å². The van der Waals surface area contributed by atoms with Crippen LogP contribution < -0.4 is 10.6 Å². The summed E-state index contributed by atoms with van der Waals surface area (Å²) >= 11 is 12.1. The van der Waals surface area contributed by atoms with E-state index < -0.39 is 0 Å². The number of anilines is 2. The van der Waals surface area contributed by atoms with Gasteiger partial charge >= 0.3 is 0 Å². The van der Waals surface area contributed by atoms with Crippen molar-refractivity contribution < 1.29 is 4.79 Å². The van der Waals surface area contributed by atoms with Crippen molar-refractivity contribution in [3.05, 3.63) is 81.7 Å². The Morgan fingerprint density at radius 1 is 1.04 bits per heavy atom. The van der Waals surface area contributed by atoms with E-state index in [2.05, 4.69) is 20.6 Å². The van der Waals surface area contributed by atoms with Gasteiger partial charge in [0.15, 0.2) is 0 Å². The molecule has 0 aliphatic heterocycles. The largest absolute Gasteiger partial charge is 0.347 e. The first-order valence-electron chi connectivity index (χ1n) is 7.89. The van der Waals surface area contributed by atoms with E-state index in [1.807, 2.05) is 31.2 Å². The van der Waals surface area contributed by atoms with Crippen LogP contribution in [0.25, 0.3) is 0 Å². The Morgan fingerprint density at radius 2 is 1.81 bits per heavy atom. The molecule has 5 nitrogen and oxygen atoms in total. The third kappa shape index (κ3) is 4.71. The third-order valence-corrected chi connectivity index (χ3v) is 4.21. The molecule has 0 saturated carbocycles. The summed E-state index contributed by atoms with van der Waals surface area (Å²) in [4.78, 5) is 20.5. The molecule has 132 valence electrons. The number of halogens is 2. The van der Waals surface area contributed by atoms with Crippen LogP contribution in [0.15, 0.2) is 54.9 Å². The zero-order valence-electron chi connectivity index (χ0n) is 14.0. The number of aromatic nitrogens is 2. The maximum absolute atomic E-state index is 12.2. The number of carbonyl (C=O) groups is 1. The minimum absolute atomic E-state index is 0.236. The normalized spacial score (nSPS) is 10.4. The van der Waals surface area contributed by atoms with Crippen molar-refractivity contribution in [3.8, 4) is 0 Å². The number of benzene rings is 2. The molecule has 3 rings (SSSR count). The van der Waals surface area contributed by atoms with E-state index >= 15 is 0 Å². The molecule has 0 aliphatic rings. The Hall–Kier alpha value is -2.63. The molecule has 1 aromatic heterocycles. The van der Waals surface area contributed by atoms with E-state index in [1.54, 1.807) is 18.2 Å². The molecule has 0 radical (unpaired) electrons. The predicted molar refractivity (Wildman–Crippen MR) is 104 cm³/mol. The van der Waals surface area contributed by atoms with Gasteiger partial charge in [-0.3, -0.25) is 4.79 Å². The number of nitrogens with one attached hydrogen (secondary N) is 2. The van der Waals surface area contributed by atoms with Crippen LogP contribution >= 0.6 is 23.2 Å². The molecule has 7 heteroatoms. The second-order valence-electron chi connectivity index (χ2n) is 5.70. The number of nitrogens with zero attached hydrogens (tertiary/aromatic N) is 2. The van der Waals surface area contributed by atoms with Gasteiger partial charge in [0.2, 0.25) is 0 Å². The second-order valence-corrected chi connectivity index (χ2v) is 6.55. The maximum Gasteiger partial charge on any atom is 0.271 e. The predicted octanol–water partition coefficient (Wildman–Crippen LogP) is 4.77. The Morgan fingerprint density at radius 3 is 2.50 bits per heavy atom. The molecule has 2 N–H and O–H groups in total. The third-order valence-electron chi connectivity index (χ3n) is 3.65. The Balaban J connectivity index is 1.62. The van der Waals surface area contributed by atoms with Gasteiger partial charge in [-0.2, -0.15) is 0 Å². The average molecular weight is 387 g/mol. The minimum Gasteiger partial charge on any atom is -0.347 e. The molecule has 3 aromatic rings. The smallest absolute Gasteiger partial charge is 0.271 e. The SMILES string of the molecule is Cc1ccc(CNC(=O)c2cnc(Nc3cc(Cl)ccc3Cl)cn2)cc1. The fourth-order valence-electron chi connectivity index (χ4n) is 2.22. The topological polar surface area (TPSA) is 66.9 Å². The lowest BCUT2D eigenvalue weighted by Gasteiger charge is -2.09. The number of hydrogen-bond donors (Lipinski definition) is 2. The van der Waals surface area contributed by atoms with Crippen LogP contribution in [0, 0.1) is 6.92 Å².